The van der Waals surface area contributed by atoms with Crippen molar-refractivity contribution < 1.29 is 19.1 Å². The SMILES string of the molecule is CC(C)C(=O)N1CCC[C@@H]1C(=O)Nc1ccc(O)cc1F. The zero-order chi connectivity index (χ0) is 15.6. The number of anilines is 1. The van der Waals surface area contributed by atoms with Crippen molar-refractivity contribution >= 4 is 17.5 Å². The summed E-state index contributed by atoms with van der Waals surface area (Å²) in [5.41, 5.74) is 0.00152. The number of nitrogens with one attached hydrogen (secondary N) is 1. The maximum atomic E-state index is 13.6. The summed E-state index contributed by atoms with van der Waals surface area (Å²) in [5, 5.41) is 11.6. The van der Waals surface area contributed by atoms with Crippen molar-refractivity contribution in [2.24, 2.45) is 5.92 Å². The molecule has 0 unspecified atom stereocenters. The molecule has 1 aromatic carbocycles. The van der Waals surface area contributed by atoms with E-state index in [1.165, 1.54) is 12.1 Å². The molecule has 114 valence electrons. The fourth-order valence-corrected chi connectivity index (χ4v) is 2.46. The van der Waals surface area contributed by atoms with Crippen molar-refractivity contribution in [2.45, 2.75) is 32.7 Å². The molecule has 2 N–H and O–H groups in total. The second-order valence-electron chi connectivity index (χ2n) is 5.50. The van der Waals surface area contributed by atoms with Gasteiger partial charge in [0.1, 0.15) is 17.6 Å². The summed E-state index contributed by atoms with van der Waals surface area (Å²) >= 11 is 0. The van der Waals surface area contributed by atoms with Crippen molar-refractivity contribution in [3.8, 4) is 5.75 Å². The Bertz CT molecular complexity index is 560. The Morgan fingerprint density at radius 3 is 2.76 bits per heavy atom. The molecule has 0 aromatic heterocycles. The van der Waals surface area contributed by atoms with Gasteiger partial charge in [0.25, 0.3) is 0 Å². The highest BCUT2D eigenvalue weighted by molar-refractivity contribution is 5.97. The van der Waals surface area contributed by atoms with Gasteiger partial charge >= 0.3 is 0 Å². The largest absolute Gasteiger partial charge is 0.508 e. The number of carbonyl (C=O) groups excluding carboxylic acids is 2. The Kier molecular flexibility index (Phi) is 4.45. The Morgan fingerprint density at radius 2 is 2.14 bits per heavy atom. The highest BCUT2D eigenvalue weighted by Crippen LogP contribution is 2.23. The minimum Gasteiger partial charge on any atom is -0.508 e. The molecule has 1 saturated heterocycles. The molecule has 2 amide bonds. The van der Waals surface area contributed by atoms with Crippen molar-refractivity contribution in [2.75, 3.05) is 11.9 Å². The number of phenols is 1. The van der Waals surface area contributed by atoms with Gasteiger partial charge in [0.2, 0.25) is 11.8 Å². The van der Waals surface area contributed by atoms with Crippen LogP contribution in [0.3, 0.4) is 0 Å². The summed E-state index contributed by atoms with van der Waals surface area (Å²) in [6, 6.07) is 2.96. The Hall–Kier alpha value is -2.11. The average Bonchev–Trinajstić information content (AvgIpc) is 2.90. The van der Waals surface area contributed by atoms with Gasteiger partial charge in [-0.3, -0.25) is 9.59 Å². The lowest BCUT2D eigenvalue weighted by atomic mass is 10.1. The fourth-order valence-electron chi connectivity index (χ4n) is 2.46. The first-order valence-corrected chi connectivity index (χ1v) is 7.00. The molecule has 1 fully saturated rings. The normalized spacial score (nSPS) is 18.1. The van der Waals surface area contributed by atoms with Crippen LogP contribution in [0.2, 0.25) is 0 Å². The van der Waals surface area contributed by atoms with E-state index in [1.54, 1.807) is 18.7 Å². The number of hydrogen-bond acceptors (Lipinski definition) is 3. The second-order valence-corrected chi connectivity index (χ2v) is 5.50. The Morgan fingerprint density at radius 1 is 1.43 bits per heavy atom. The minimum atomic E-state index is -0.705. The Balaban J connectivity index is 2.10. The summed E-state index contributed by atoms with van der Waals surface area (Å²) < 4.78 is 13.6. The number of aromatic hydroxyl groups is 1. The molecule has 1 aliphatic heterocycles. The molecule has 1 aliphatic rings. The first kappa shape index (κ1) is 15.3. The van der Waals surface area contributed by atoms with Crippen molar-refractivity contribution in [1.82, 2.24) is 4.90 Å². The number of benzene rings is 1. The summed E-state index contributed by atoms with van der Waals surface area (Å²) in [6.07, 6.45) is 1.33. The second kappa shape index (κ2) is 6.11. The van der Waals surface area contributed by atoms with Gasteiger partial charge in [-0.1, -0.05) is 13.8 Å². The topological polar surface area (TPSA) is 69.6 Å². The monoisotopic (exact) mass is 294 g/mol. The molecular formula is C15H19FN2O3. The van der Waals surface area contributed by atoms with Gasteiger partial charge in [-0.05, 0) is 25.0 Å². The van der Waals surface area contributed by atoms with Gasteiger partial charge in [0.05, 0.1) is 5.69 Å². The number of phenolic OH excluding ortho intramolecular Hbond substituents is 1. The molecule has 2 rings (SSSR count). The fraction of sp³-hybridized carbons (Fsp3) is 0.467. The van der Waals surface area contributed by atoms with E-state index in [2.05, 4.69) is 5.32 Å². The van der Waals surface area contributed by atoms with Crippen LogP contribution in [0.1, 0.15) is 26.7 Å². The van der Waals surface area contributed by atoms with Crippen LogP contribution in [0.4, 0.5) is 10.1 Å². The first-order valence-electron chi connectivity index (χ1n) is 7.00. The number of carbonyl (C=O) groups is 2. The van der Waals surface area contributed by atoms with Gasteiger partial charge < -0.3 is 15.3 Å². The van der Waals surface area contributed by atoms with E-state index in [-0.39, 0.29) is 23.3 Å². The van der Waals surface area contributed by atoms with Crippen LogP contribution in [0.15, 0.2) is 18.2 Å². The number of amides is 2. The van der Waals surface area contributed by atoms with Crippen LogP contribution in [0.5, 0.6) is 5.75 Å². The summed E-state index contributed by atoms with van der Waals surface area (Å²) in [5.74, 6) is -1.56. The quantitative estimate of drug-likeness (QED) is 0.839. The highest BCUT2D eigenvalue weighted by atomic mass is 19.1. The number of halogens is 1. The lowest BCUT2D eigenvalue weighted by Gasteiger charge is -2.25. The number of likely N-dealkylation sites (tertiary alicyclic amines) is 1. The summed E-state index contributed by atoms with van der Waals surface area (Å²) in [7, 11) is 0. The Labute approximate surface area is 122 Å². The standard InChI is InChI=1S/C15H19FN2O3/c1-9(2)15(21)18-7-3-4-13(18)14(20)17-12-6-5-10(19)8-11(12)16/h5-6,8-9,13,19H,3-4,7H2,1-2H3,(H,17,20)/t13-/m1/s1. The molecule has 0 spiro atoms. The smallest absolute Gasteiger partial charge is 0.247 e. The van der Waals surface area contributed by atoms with E-state index in [4.69, 9.17) is 5.11 Å². The molecule has 0 aliphatic carbocycles. The zero-order valence-corrected chi connectivity index (χ0v) is 12.1. The lowest BCUT2D eigenvalue weighted by molar-refractivity contribution is -0.139. The van der Waals surface area contributed by atoms with Gasteiger partial charge in [0, 0.05) is 18.5 Å². The zero-order valence-electron chi connectivity index (χ0n) is 12.1. The van der Waals surface area contributed by atoms with Crippen LogP contribution < -0.4 is 5.32 Å². The maximum absolute atomic E-state index is 13.6. The molecule has 21 heavy (non-hydrogen) atoms. The molecule has 0 saturated carbocycles. The van der Waals surface area contributed by atoms with Crippen LogP contribution >= 0.6 is 0 Å². The van der Waals surface area contributed by atoms with Gasteiger partial charge in [0.15, 0.2) is 0 Å². The minimum absolute atomic E-state index is 0.00152. The molecule has 1 atom stereocenters. The van der Waals surface area contributed by atoms with Crippen LogP contribution in [-0.4, -0.2) is 34.4 Å². The van der Waals surface area contributed by atoms with Crippen molar-refractivity contribution in [3.05, 3.63) is 24.0 Å². The van der Waals surface area contributed by atoms with Gasteiger partial charge in [-0.2, -0.15) is 0 Å². The molecule has 0 bridgehead atoms. The van der Waals surface area contributed by atoms with E-state index in [0.717, 1.165) is 12.5 Å². The molecule has 1 heterocycles. The molecule has 6 heteroatoms. The van der Waals surface area contributed by atoms with Crippen LogP contribution in [0.25, 0.3) is 0 Å². The third-order valence-electron chi connectivity index (χ3n) is 3.54. The van der Waals surface area contributed by atoms with Crippen LogP contribution in [-0.2, 0) is 9.59 Å². The molecular weight excluding hydrogens is 275 g/mol. The van der Waals surface area contributed by atoms with Gasteiger partial charge in [-0.15, -0.1) is 0 Å². The molecule has 5 nitrogen and oxygen atoms in total. The van der Waals surface area contributed by atoms with E-state index in [9.17, 15) is 14.0 Å². The predicted molar refractivity (Wildman–Crippen MR) is 76.3 cm³/mol. The van der Waals surface area contributed by atoms with Crippen molar-refractivity contribution in [3.63, 3.8) is 0 Å². The van der Waals surface area contributed by atoms with E-state index < -0.39 is 17.8 Å². The van der Waals surface area contributed by atoms with E-state index >= 15 is 0 Å². The third kappa shape index (κ3) is 3.32. The maximum Gasteiger partial charge on any atom is 0.247 e. The number of nitrogens with zero attached hydrogens (tertiary/aromatic N) is 1. The first-order chi connectivity index (χ1) is 9.90. The number of hydrogen-bond donors (Lipinski definition) is 2. The summed E-state index contributed by atoms with van der Waals surface area (Å²) in [4.78, 5) is 25.9. The van der Waals surface area contributed by atoms with E-state index in [0.29, 0.717) is 13.0 Å². The van der Waals surface area contributed by atoms with Crippen LogP contribution in [0, 0.1) is 11.7 Å². The third-order valence-corrected chi connectivity index (χ3v) is 3.54. The molecule has 0 radical (unpaired) electrons. The lowest BCUT2D eigenvalue weighted by Crippen LogP contribution is -2.44. The average molecular weight is 294 g/mol. The van der Waals surface area contributed by atoms with Gasteiger partial charge in [-0.25, -0.2) is 4.39 Å². The highest BCUT2D eigenvalue weighted by Gasteiger charge is 2.35. The predicted octanol–water partition coefficient (Wildman–Crippen LogP) is 2.12. The van der Waals surface area contributed by atoms with Crippen molar-refractivity contribution in [1.29, 1.82) is 0 Å². The van der Waals surface area contributed by atoms with E-state index in [1.807, 2.05) is 0 Å². The summed E-state index contributed by atoms with van der Waals surface area (Å²) in [6.45, 7) is 4.12. The number of rotatable bonds is 3. The molecule has 1 aromatic rings.